The predicted octanol–water partition coefficient (Wildman–Crippen LogP) is 0.643. The number of hydrogen-bond acceptors (Lipinski definition) is 4. The van der Waals surface area contributed by atoms with E-state index in [0.29, 0.717) is 19.6 Å². The van der Waals surface area contributed by atoms with Crippen molar-refractivity contribution in [3.8, 4) is 0 Å². The average molecular weight is 233 g/mol. The van der Waals surface area contributed by atoms with Crippen molar-refractivity contribution in [2.45, 2.75) is 25.1 Å². The van der Waals surface area contributed by atoms with Gasteiger partial charge in [-0.1, -0.05) is 24.3 Å². The minimum absolute atomic E-state index is 0.0403. The van der Waals surface area contributed by atoms with E-state index in [1.54, 1.807) is 0 Å². The Morgan fingerprint density at radius 3 is 2.76 bits per heavy atom. The number of fused-ring (bicyclic) bond motifs is 1. The molecule has 1 saturated heterocycles. The highest BCUT2D eigenvalue weighted by atomic mass is 16.6. The van der Waals surface area contributed by atoms with Crippen LogP contribution >= 0.6 is 0 Å². The zero-order chi connectivity index (χ0) is 11.7. The van der Waals surface area contributed by atoms with Gasteiger partial charge in [-0.05, 0) is 17.5 Å². The van der Waals surface area contributed by atoms with E-state index in [1.165, 1.54) is 11.1 Å². The van der Waals surface area contributed by atoms with E-state index in [0.717, 1.165) is 6.54 Å². The van der Waals surface area contributed by atoms with Gasteiger partial charge in [0.2, 0.25) is 0 Å². The van der Waals surface area contributed by atoms with Crippen LogP contribution in [0.1, 0.15) is 11.1 Å². The minimum atomic E-state index is -0.217. The molecule has 1 N–H and O–H groups in total. The van der Waals surface area contributed by atoms with Gasteiger partial charge < -0.3 is 14.8 Å². The summed E-state index contributed by atoms with van der Waals surface area (Å²) >= 11 is 0. The predicted molar refractivity (Wildman–Crippen MR) is 61.5 cm³/mol. The zero-order valence-corrected chi connectivity index (χ0v) is 9.52. The fraction of sp³-hybridized carbons (Fsp3) is 0.462. The van der Waals surface area contributed by atoms with Crippen LogP contribution in [0.3, 0.4) is 0 Å². The monoisotopic (exact) mass is 233 g/mol. The van der Waals surface area contributed by atoms with E-state index < -0.39 is 0 Å². The molecule has 2 heterocycles. The quantitative estimate of drug-likeness (QED) is 0.762. The first kappa shape index (κ1) is 10.7. The molecule has 1 atom stereocenters. The number of benzene rings is 1. The molecular formula is C13H15NO3. The largest absolute Gasteiger partial charge is 0.456 e. The standard InChI is InChI=1S/C13H15NO3/c15-13(17-11-7-16-8-11)12-5-9-3-1-2-4-10(9)6-14-12/h1-4,11-12,14H,5-8H2/t12-/m0/s1. The molecule has 2 aliphatic heterocycles. The van der Waals surface area contributed by atoms with Crippen LogP contribution in [0.2, 0.25) is 0 Å². The second-order valence-corrected chi connectivity index (χ2v) is 4.50. The molecule has 90 valence electrons. The van der Waals surface area contributed by atoms with Crippen molar-refractivity contribution in [1.82, 2.24) is 5.32 Å². The maximum absolute atomic E-state index is 11.9. The topological polar surface area (TPSA) is 47.6 Å². The normalized spacial score (nSPS) is 23.6. The van der Waals surface area contributed by atoms with E-state index in [1.807, 2.05) is 12.1 Å². The fourth-order valence-corrected chi connectivity index (χ4v) is 2.15. The van der Waals surface area contributed by atoms with Gasteiger partial charge in [-0.3, -0.25) is 4.79 Å². The van der Waals surface area contributed by atoms with Gasteiger partial charge in [0.05, 0.1) is 13.2 Å². The number of nitrogens with one attached hydrogen (secondary N) is 1. The van der Waals surface area contributed by atoms with Gasteiger partial charge in [0.1, 0.15) is 12.1 Å². The molecule has 0 aliphatic carbocycles. The van der Waals surface area contributed by atoms with Crippen LogP contribution in [-0.2, 0) is 27.2 Å². The molecule has 0 amide bonds. The van der Waals surface area contributed by atoms with E-state index >= 15 is 0 Å². The Labute approximate surface area is 99.9 Å². The second kappa shape index (κ2) is 4.47. The Morgan fingerprint density at radius 1 is 1.29 bits per heavy atom. The van der Waals surface area contributed by atoms with Gasteiger partial charge in [-0.25, -0.2) is 0 Å². The van der Waals surface area contributed by atoms with Crippen LogP contribution in [0.5, 0.6) is 0 Å². The van der Waals surface area contributed by atoms with E-state index in [2.05, 4.69) is 17.4 Å². The molecule has 3 rings (SSSR count). The van der Waals surface area contributed by atoms with Gasteiger partial charge in [0, 0.05) is 6.54 Å². The second-order valence-electron chi connectivity index (χ2n) is 4.50. The van der Waals surface area contributed by atoms with Crippen molar-refractivity contribution in [2.75, 3.05) is 13.2 Å². The van der Waals surface area contributed by atoms with Crippen LogP contribution in [0.15, 0.2) is 24.3 Å². The Kier molecular flexibility index (Phi) is 2.82. The van der Waals surface area contributed by atoms with Crippen molar-refractivity contribution < 1.29 is 14.3 Å². The number of ether oxygens (including phenoxy) is 2. The van der Waals surface area contributed by atoms with E-state index in [4.69, 9.17) is 9.47 Å². The highest BCUT2D eigenvalue weighted by Gasteiger charge is 2.29. The van der Waals surface area contributed by atoms with Gasteiger partial charge >= 0.3 is 5.97 Å². The van der Waals surface area contributed by atoms with Gasteiger partial charge in [-0.2, -0.15) is 0 Å². The third-order valence-electron chi connectivity index (χ3n) is 3.26. The molecule has 0 radical (unpaired) electrons. The van der Waals surface area contributed by atoms with Gasteiger partial charge in [0.25, 0.3) is 0 Å². The summed E-state index contributed by atoms with van der Waals surface area (Å²) < 4.78 is 10.3. The Bertz CT molecular complexity index is 428. The number of hydrogen-bond donors (Lipinski definition) is 1. The minimum Gasteiger partial charge on any atom is -0.456 e. The first-order chi connectivity index (χ1) is 8.33. The Balaban J connectivity index is 1.64. The van der Waals surface area contributed by atoms with E-state index in [-0.39, 0.29) is 18.1 Å². The third kappa shape index (κ3) is 2.18. The van der Waals surface area contributed by atoms with Crippen molar-refractivity contribution in [3.63, 3.8) is 0 Å². The molecule has 0 spiro atoms. The SMILES string of the molecule is O=C(OC1COC1)[C@@H]1Cc2ccccc2CN1. The molecule has 4 nitrogen and oxygen atoms in total. The molecule has 0 saturated carbocycles. The smallest absolute Gasteiger partial charge is 0.323 e. The number of esters is 1. The summed E-state index contributed by atoms with van der Waals surface area (Å²) in [5.74, 6) is -0.159. The zero-order valence-electron chi connectivity index (χ0n) is 9.52. The molecule has 0 bridgehead atoms. The molecular weight excluding hydrogens is 218 g/mol. The van der Waals surface area contributed by atoms with Crippen LogP contribution in [0, 0.1) is 0 Å². The molecule has 1 aromatic rings. The third-order valence-corrected chi connectivity index (χ3v) is 3.26. The van der Waals surface area contributed by atoms with Crippen LogP contribution in [0.4, 0.5) is 0 Å². The number of carbonyl (C=O) groups is 1. The molecule has 0 unspecified atom stereocenters. The lowest BCUT2D eigenvalue weighted by molar-refractivity contribution is -0.174. The van der Waals surface area contributed by atoms with Gasteiger partial charge in [-0.15, -0.1) is 0 Å². The summed E-state index contributed by atoms with van der Waals surface area (Å²) in [5, 5.41) is 3.21. The van der Waals surface area contributed by atoms with Crippen molar-refractivity contribution in [2.24, 2.45) is 0 Å². The first-order valence-corrected chi connectivity index (χ1v) is 5.91. The molecule has 17 heavy (non-hydrogen) atoms. The lowest BCUT2D eigenvalue weighted by Crippen LogP contribution is -2.47. The number of rotatable bonds is 2. The molecule has 0 aromatic heterocycles. The van der Waals surface area contributed by atoms with Crippen LogP contribution in [0.25, 0.3) is 0 Å². The lowest BCUT2D eigenvalue weighted by Gasteiger charge is -2.30. The first-order valence-electron chi connectivity index (χ1n) is 5.91. The number of carbonyl (C=O) groups excluding carboxylic acids is 1. The molecule has 2 aliphatic rings. The Morgan fingerprint density at radius 2 is 2.06 bits per heavy atom. The molecule has 1 aromatic carbocycles. The molecule has 4 heteroatoms. The van der Waals surface area contributed by atoms with Crippen molar-refractivity contribution >= 4 is 5.97 Å². The van der Waals surface area contributed by atoms with Crippen molar-refractivity contribution in [3.05, 3.63) is 35.4 Å². The average Bonchev–Trinajstić information content (AvgIpc) is 2.33. The maximum atomic E-state index is 11.9. The lowest BCUT2D eigenvalue weighted by atomic mass is 9.96. The summed E-state index contributed by atoms with van der Waals surface area (Å²) in [4.78, 5) is 11.9. The van der Waals surface area contributed by atoms with Crippen LogP contribution < -0.4 is 5.32 Å². The van der Waals surface area contributed by atoms with Crippen molar-refractivity contribution in [1.29, 1.82) is 0 Å². The highest BCUT2D eigenvalue weighted by Crippen LogP contribution is 2.17. The summed E-state index contributed by atoms with van der Waals surface area (Å²) in [6.07, 6.45) is 0.671. The summed E-state index contributed by atoms with van der Waals surface area (Å²) in [5.41, 5.74) is 2.50. The Hall–Kier alpha value is -1.39. The highest BCUT2D eigenvalue weighted by molar-refractivity contribution is 5.77. The summed E-state index contributed by atoms with van der Waals surface area (Å²) in [6.45, 7) is 1.81. The van der Waals surface area contributed by atoms with Crippen LogP contribution in [-0.4, -0.2) is 31.3 Å². The molecule has 1 fully saturated rings. The summed E-state index contributed by atoms with van der Waals surface area (Å²) in [7, 11) is 0. The van der Waals surface area contributed by atoms with Gasteiger partial charge in [0.15, 0.2) is 0 Å². The van der Waals surface area contributed by atoms with E-state index in [9.17, 15) is 4.79 Å². The maximum Gasteiger partial charge on any atom is 0.323 e. The summed E-state index contributed by atoms with van der Waals surface area (Å²) in [6, 6.07) is 7.97. The fourth-order valence-electron chi connectivity index (χ4n) is 2.15.